The lowest BCUT2D eigenvalue weighted by atomic mass is 10.1. The second-order valence-electron chi connectivity index (χ2n) is 4.53. The van der Waals surface area contributed by atoms with E-state index in [-0.39, 0.29) is 0 Å². The SMILES string of the molecule is c1ccc(-c2ccc(-c3cccc4scnc34)s2)cc1. The Kier molecular flexibility index (Phi) is 2.87. The van der Waals surface area contributed by atoms with Gasteiger partial charge in [-0.25, -0.2) is 4.98 Å². The first-order valence-electron chi connectivity index (χ1n) is 6.40. The Bertz CT molecular complexity index is 859. The normalized spacial score (nSPS) is 11.0. The van der Waals surface area contributed by atoms with Gasteiger partial charge in [-0.3, -0.25) is 0 Å². The Labute approximate surface area is 125 Å². The predicted octanol–water partition coefficient (Wildman–Crippen LogP) is 5.69. The van der Waals surface area contributed by atoms with E-state index in [2.05, 4.69) is 59.6 Å². The number of rotatable bonds is 2. The first-order valence-corrected chi connectivity index (χ1v) is 8.09. The standard InChI is InChI=1S/C17H11NS2/c1-2-5-12(6-3-1)14-9-10-15(20-14)13-7-4-8-16-17(13)18-11-19-16/h1-11H. The molecule has 2 aromatic carbocycles. The summed E-state index contributed by atoms with van der Waals surface area (Å²) in [6.45, 7) is 0. The monoisotopic (exact) mass is 293 g/mol. The fourth-order valence-electron chi connectivity index (χ4n) is 2.33. The minimum absolute atomic E-state index is 1.11. The molecule has 0 fully saturated rings. The summed E-state index contributed by atoms with van der Waals surface area (Å²) < 4.78 is 1.25. The van der Waals surface area contributed by atoms with Crippen LogP contribution in [0.1, 0.15) is 0 Å². The van der Waals surface area contributed by atoms with Gasteiger partial charge < -0.3 is 0 Å². The summed E-state index contributed by atoms with van der Waals surface area (Å²) in [5, 5.41) is 0. The lowest BCUT2D eigenvalue weighted by Gasteiger charge is -1.99. The third-order valence-corrected chi connectivity index (χ3v) is 5.25. The van der Waals surface area contributed by atoms with Crippen molar-refractivity contribution in [3.05, 3.63) is 66.2 Å². The average Bonchev–Trinajstić information content (AvgIpc) is 3.17. The van der Waals surface area contributed by atoms with E-state index >= 15 is 0 Å². The van der Waals surface area contributed by atoms with Crippen LogP contribution in [-0.4, -0.2) is 4.98 Å². The van der Waals surface area contributed by atoms with Crippen LogP contribution < -0.4 is 0 Å². The van der Waals surface area contributed by atoms with Crippen LogP contribution in [0.25, 0.3) is 31.1 Å². The zero-order chi connectivity index (χ0) is 13.4. The van der Waals surface area contributed by atoms with Crippen molar-refractivity contribution in [2.45, 2.75) is 0 Å². The van der Waals surface area contributed by atoms with E-state index in [0.717, 1.165) is 5.52 Å². The number of hydrogen-bond acceptors (Lipinski definition) is 3. The van der Waals surface area contributed by atoms with E-state index in [9.17, 15) is 0 Å². The van der Waals surface area contributed by atoms with E-state index in [0.29, 0.717) is 0 Å². The van der Waals surface area contributed by atoms with Gasteiger partial charge in [0.25, 0.3) is 0 Å². The van der Waals surface area contributed by atoms with Crippen molar-refractivity contribution >= 4 is 32.9 Å². The molecular formula is C17H11NS2. The zero-order valence-corrected chi connectivity index (χ0v) is 12.2. The molecule has 0 N–H and O–H groups in total. The second-order valence-corrected chi connectivity index (χ2v) is 6.50. The molecule has 0 radical (unpaired) electrons. The first kappa shape index (κ1) is 11.8. The molecule has 0 bridgehead atoms. The maximum Gasteiger partial charge on any atom is 0.0898 e. The number of aromatic nitrogens is 1. The van der Waals surface area contributed by atoms with Crippen LogP contribution >= 0.6 is 22.7 Å². The van der Waals surface area contributed by atoms with Crippen molar-refractivity contribution in [3.8, 4) is 20.9 Å². The number of hydrogen-bond donors (Lipinski definition) is 0. The van der Waals surface area contributed by atoms with E-state index in [1.165, 1.54) is 25.6 Å². The lowest BCUT2D eigenvalue weighted by molar-refractivity contribution is 1.50. The quantitative estimate of drug-likeness (QED) is 0.462. The molecule has 0 aliphatic carbocycles. The van der Waals surface area contributed by atoms with Gasteiger partial charge in [0.2, 0.25) is 0 Å². The first-order chi connectivity index (χ1) is 9.92. The Morgan fingerprint density at radius 2 is 1.60 bits per heavy atom. The summed E-state index contributed by atoms with van der Waals surface area (Å²) in [5.41, 5.74) is 5.53. The summed E-state index contributed by atoms with van der Waals surface area (Å²) in [6.07, 6.45) is 0. The Morgan fingerprint density at radius 3 is 2.50 bits per heavy atom. The molecule has 1 nitrogen and oxygen atoms in total. The van der Waals surface area contributed by atoms with Crippen molar-refractivity contribution in [2.75, 3.05) is 0 Å². The van der Waals surface area contributed by atoms with Crippen molar-refractivity contribution in [3.63, 3.8) is 0 Å². The fraction of sp³-hybridized carbons (Fsp3) is 0. The van der Waals surface area contributed by atoms with E-state index < -0.39 is 0 Å². The lowest BCUT2D eigenvalue weighted by Crippen LogP contribution is -1.74. The topological polar surface area (TPSA) is 12.9 Å². The Hall–Kier alpha value is -1.97. The van der Waals surface area contributed by atoms with E-state index in [1.807, 2.05) is 22.9 Å². The molecule has 20 heavy (non-hydrogen) atoms. The molecular weight excluding hydrogens is 282 g/mol. The number of thiazole rings is 1. The van der Waals surface area contributed by atoms with Gasteiger partial charge in [-0.15, -0.1) is 22.7 Å². The summed E-state index contributed by atoms with van der Waals surface area (Å²) in [5.74, 6) is 0. The molecule has 0 aliphatic rings. The molecule has 2 aromatic heterocycles. The third kappa shape index (κ3) is 1.96. The maximum absolute atomic E-state index is 4.50. The molecule has 3 heteroatoms. The molecule has 0 unspecified atom stereocenters. The minimum Gasteiger partial charge on any atom is -0.244 e. The molecule has 0 amide bonds. The highest BCUT2D eigenvalue weighted by Crippen LogP contribution is 2.37. The number of fused-ring (bicyclic) bond motifs is 1. The average molecular weight is 293 g/mol. The summed E-state index contributed by atoms with van der Waals surface area (Å²) >= 11 is 3.51. The highest BCUT2D eigenvalue weighted by atomic mass is 32.1. The molecule has 4 aromatic rings. The molecule has 0 spiro atoms. The molecule has 0 aliphatic heterocycles. The van der Waals surface area contributed by atoms with Gasteiger partial charge in [0.15, 0.2) is 0 Å². The van der Waals surface area contributed by atoms with Gasteiger partial charge in [0, 0.05) is 15.3 Å². The Balaban J connectivity index is 1.84. The van der Waals surface area contributed by atoms with Gasteiger partial charge in [0.1, 0.15) is 0 Å². The molecule has 2 heterocycles. The third-order valence-electron chi connectivity index (χ3n) is 3.29. The molecule has 4 rings (SSSR count). The van der Waals surface area contributed by atoms with E-state index in [1.54, 1.807) is 11.3 Å². The van der Waals surface area contributed by atoms with Gasteiger partial charge in [-0.1, -0.05) is 42.5 Å². The van der Waals surface area contributed by atoms with Crippen LogP contribution in [0, 0.1) is 0 Å². The molecule has 96 valence electrons. The number of thiophene rings is 1. The van der Waals surface area contributed by atoms with Gasteiger partial charge in [-0.2, -0.15) is 0 Å². The van der Waals surface area contributed by atoms with Crippen molar-refractivity contribution in [1.82, 2.24) is 4.98 Å². The maximum atomic E-state index is 4.50. The van der Waals surface area contributed by atoms with Crippen molar-refractivity contribution in [1.29, 1.82) is 0 Å². The van der Waals surface area contributed by atoms with Crippen molar-refractivity contribution < 1.29 is 0 Å². The summed E-state index contributed by atoms with van der Waals surface area (Å²) in [6, 6.07) is 21.3. The van der Waals surface area contributed by atoms with Crippen LogP contribution in [0.3, 0.4) is 0 Å². The number of para-hydroxylation sites is 1. The van der Waals surface area contributed by atoms with Crippen LogP contribution in [0.15, 0.2) is 66.2 Å². The summed E-state index contributed by atoms with van der Waals surface area (Å²) in [7, 11) is 0. The largest absolute Gasteiger partial charge is 0.244 e. The predicted molar refractivity (Wildman–Crippen MR) is 88.4 cm³/mol. The molecule has 0 saturated heterocycles. The highest BCUT2D eigenvalue weighted by Gasteiger charge is 2.09. The van der Waals surface area contributed by atoms with Gasteiger partial charge in [0.05, 0.1) is 15.7 Å². The molecule has 0 atom stereocenters. The van der Waals surface area contributed by atoms with E-state index in [4.69, 9.17) is 0 Å². The second kappa shape index (κ2) is 4.85. The summed E-state index contributed by atoms with van der Waals surface area (Å²) in [4.78, 5) is 7.08. The fourth-order valence-corrected chi connectivity index (χ4v) is 4.07. The molecule has 0 saturated carbocycles. The highest BCUT2D eigenvalue weighted by molar-refractivity contribution is 7.19. The van der Waals surface area contributed by atoms with Crippen LogP contribution in [0.5, 0.6) is 0 Å². The minimum atomic E-state index is 1.11. The van der Waals surface area contributed by atoms with Crippen LogP contribution in [0.2, 0.25) is 0 Å². The van der Waals surface area contributed by atoms with Gasteiger partial charge >= 0.3 is 0 Å². The zero-order valence-electron chi connectivity index (χ0n) is 10.6. The van der Waals surface area contributed by atoms with Crippen LogP contribution in [-0.2, 0) is 0 Å². The van der Waals surface area contributed by atoms with Gasteiger partial charge in [-0.05, 0) is 23.8 Å². The van der Waals surface area contributed by atoms with Crippen molar-refractivity contribution in [2.24, 2.45) is 0 Å². The number of nitrogens with zero attached hydrogens (tertiary/aromatic N) is 1. The smallest absolute Gasteiger partial charge is 0.0898 e. The van der Waals surface area contributed by atoms with Crippen LogP contribution in [0.4, 0.5) is 0 Å². The number of benzene rings is 2. The Morgan fingerprint density at radius 1 is 0.750 bits per heavy atom.